The van der Waals surface area contributed by atoms with Crippen molar-refractivity contribution in [2.45, 2.75) is 37.6 Å². The molecule has 1 fully saturated rings. The second-order valence-electron chi connectivity index (χ2n) is 7.40. The predicted molar refractivity (Wildman–Crippen MR) is 102 cm³/mol. The first kappa shape index (κ1) is 17.5. The summed E-state index contributed by atoms with van der Waals surface area (Å²) in [7, 11) is 0. The van der Waals surface area contributed by atoms with E-state index < -0.39 is 11.5 Å². The van der Waals surface area contributed by atoms with Crippen molar-refractivity contribution < 1.29 is 14.7 Å². The maximum atomic E-state index is 13.1. The van der Waals surface area contributed by atoms with Crippen LogP contribution in [0.1, 0.15) is 40.7 Å². The summed E-state index contributed by atoms with van der Waals surface area (Å²) in [6, 6.07) is 9.33. The minimum atomic E-state index is -1.30. The van der Waals surface area contributed by atoms with Crippen LogP contribution in [0.25, 0.3) is 0 Å². The van der Waals surface area contributed by atoms with E-state index in [1.807, 2.05) is 24.3 Å². The number of carboxylic acid groups (broad SMARTS) is 1. The van der Waals surface area contributed by atoms with Crippen LogP contribution >= 0.6 is 0 Å². The molecule has 1 aliphatic carbocycles. The average Bonchev–Trinajstić information content (AvgIpc) is 3.08. The number of anilines is 1. The van der Waals surface area contributed by atoms with E-state index in [2.05, 4.69) is 15.2 Å². The van der Waals surface area contributed by atoms with E-state index in [9.17, 15) is 14.7 Å². The molecular weight excluding hydrogens is 342 g/mol. The number of aliphatic carboxylic acids is 1. The van der Waals surface area contributed by atoms with Crippen LogP contribution in [0.15, 0.2) is 42.7 Å². The van der Waals surface area contributed by atoms with Crippen molar-refractivity contribution in [3.05, 3.63) is 59.4 Å². The highest BCUT2D eigenvalue weighted by atomic mass is 16.4. The third-order valence-electron chi connectivity index (χ3n) is 5.61. The zero-order chi connectivity index (χ0) is 18.9. The molecule has 2 heterocycles. The monoisotopic (exact) mass is 365 g/mol. The summed E-state index contributed by atoms with van der Waals surface area (Å²) in [4.78, 5) is 31.6. The van der Waals surface area contributed by atoms with Crippen LogP contribution in [-0.2, 0) is 17.6 Å². The second kappa shape index (κ2) is 7.02. The Bertz CT molecular complexity index is 849. The van der Waals surface area contributed by atoms with Crippen molar-refractivity contribution in [1.82, 2.24) is 10.3 Å². The average molecular weight is 365 g/mol. The first-order valence-electron chi connectivity index (χ1n) is 9.41. The lowest BCUT2D eigenvalue weighted by atomic mass is 9.95. The molecule has 0 radical (unpaired) electrons. The Morgan fingerprint density at radius 3 is 2.33 bits per heavy atom. The smallest absolute Gasteiger partial charge is 0.330 e. The number of carbonyl (C=O) groups is 2. The number of piperidine rings is 1. The van der Waals surface area contributed by atoms with Gasteiger partial charge in [0.1, 0.15) is 5.54 Å². The number of carbonyl (C=O) groups excluding carboxylic acids is 1. The minimum Gasteiger partial charge on any atom is -0.479 e. The number of hydrogen-bond donors (Lipinski definition) is 2. The number of fused-ring (bicyclic) bond motifs is 1. The van der Waals surface area contributed by atoms with E-state index in [1.165, 1.54) is 6.42 Å². The van der Waals surface area contributed by atoms with Gasteiger partial charge in [0.2, 0.25) is 0 Å². The fraction of sp³-hybridized carbons (Fsp3) is 0.381. The first-order chi connectivity index (χ1) is 13.1. The molecule has 2 aromatic rings. The fourth-order valence-corrected chi connectivity index (χ4v) is 4.16. The summed E-state index contributed by atoms with van der Waals surface area (Å²) in [5.41, 5.74) is 1.93. The zero-order valence-electron chi connectivity index (χ0n) is 15.1. The van der Waals surface area contributed by atoms with Crippen LogP contribution in [0.2, 0.25) is 0 Å². The molecule has 6 nitrogen and oxygen atoms in total. The van der Waals surface area contributed by atoms with Gasteiger partial charge in [-0.3, -0.25) is 9.78 Å². The number of benzene rings is 1. The van der Waals surface area contributed by atoms with Crippen molar-refractivity contribution in [3.63, 3.8) is 0 Å². The van der Waals surface area contributed by atoms with Crippen molar-refractivity contribution >= 4 is 17.6 Å². The van der Waals surface area contributed by atoms with Gasteiger partial charge in [-0.1, -0.05) is 24.3 Å². The maximum Gasteiger partial charge on any atom is 0.330 e. The Morgan fingerprint density at radius 1 is 1.04 bits per heavy atom. The van der Waals surface area contributed by atoms with Crippen molar-refractivity contribution in [2.24, 2.45) is 0 Å². The molecule has 1 aliphatic heterocycles. The summed E-state index contributed by atoms with van der Waals surface area (Å²) in [5, 5.41) is 12.8. The summed E-state index contributed by atoms with van der Waals surface area (Å²) < 4.78 is 0. The van der Waals surface area contributed by atoms with Gasteiger partial charge in [0, 0.05) is 32.1 Å². The molecule has 6 heteroatoms. The minimum absolute atomic E-state index is 0.300. The number of pyridine rings is 1. The SMILES string of the molecule is O=C(NC1(C(=O)O)Cc2ccccc2C1)c1ccncc1N1CCCCC1. The lowest BCUT2D eigenvalue weighted by molar-refractivity contribution is -0.144. The molecule has 0 bridgehead atoms. The molecule has 0 atom stereocenters. The van der Waals surface area contributed by atoms with Crippen LogP contribution in [0.4, 0.5) is 5.69 Å². The Morgan fingerprint density at radius 2 is 1.70 bits per heavy atom. The highest BCUT2D eigenvalue weighted by Gasteiger charge is 2.45. The summed E-state index contributed by atoms with van der Waals surface area (Å²) in [6.45, 7) is 1.78. The number of hydrogen-bond acceptors (Lipinski definition) is 4. The molecule has 0 saturated carbocycles. The number of nitrogens with zero attached hydrogens (tertiary/aromatic N) is 2. The number of amides is 1. The molecule has 0 spiro atoms. The number of carboxylic acids is 1. The van der Waals surface area contributed by atoms with Crippen molar-refractivity contribution in [3.8, 4) is 0 Å². The maximum absolute atomic E-state index is 13.1. The standard InChI is InChI=1S/C21H23N3O3/c25-19(17-8-9-22-14-18(17)24-10-4-1-5-11-24)23-21(20(26)27)12-15-6-2-3-7-16(15)13-21/h2-3,6-9,14H,1,4-5,10-13H2,(H,23,25)(H,26,27). The Kier molecular flexibility index (Phi) is 4.56. The predicted octanol–water partition coefficient (Wildman–Crippen LogP) is 2.42. The summed E-state index contributed by atoms with van der Waals surface area (Å²) >= 11 is 0. The molecule has 0 unspecified atom stereocenters. The van der Waals surface area contributed by atoms with Crippen LogP contribution in [0.3, 0.4) is 0 Å². The first-order valence-corrected chi connectivity index (χ1v) is 9.41. The summed E-state index contributed by atoms with van der Waals surface area (Å²) in [5.74, 6) is -1.35. The van der Waals surface area contributed by atoms with Gasteiger partial charge in [-0.05, 0) is 36.5 Å². The highest BCUT2D eigenvalue weighted by molar-refractivity contribution is 6.02. The van der Waals surface area contributed by atoms with E-state index in [1.54, 1.807) is 18.5 Å². The number of aromatic nitrogens is 1. The lowest BCUT2D eigenvalue weighted by Gasteiger charge is -2.31. The molecule has 2 aliphatic rings. The Labute approximate surface area is 158 Å². The molecule has 1 saturated heterocycles. The largest absolute Gasteiger partial charge is 0.479 e. The van der Waals surface area contributed by atoms with E-state index in [4.69, 9.17) is 0 Å². The van der Waals surface area contributed by atoms with Crippen LogP contribution in [0, 0.1) is 0 Å². The van der Waals surface area contributed by atoms with Gasteiger partial charge in [-0.25, -0.2) is 4.79 Å². The number of rotatable bonds is 4. The second-order valence-corrected chi connectivity index (χ2v) is 7.40. The van der Waals surface area contributed by atoms with Gasteiger partial charge in [-0.15, -0.1) is 0 Å². The molecule has 1 aromatic carbocycles. The van der Waals surface area contributed by atoms with E-state index >= 15 is 0 Å². The van der Waals surface area contributed by atoms with Gasteiger partial charge in [-0.2, -0.15) is 0 Å². The van der Waals surface area contributed by atoms with Crippen LogP contribution in [-0.4, -0.2) is 40.6 Å². The van der Waals surface area contributed by atoms with Crippen molar-refractivity contribution in [1.29, 1.82) is 0 Å². The van der Waals surface area contributed by atoms with Gasteiger partial charge >= 0.3 is 5.97 Å². The number of nitrogens with one attached hydrogen (secondary N) is 1. The third kappa shape index (κ3) is 3.27. The fourth-order valence-electron chi connectivity index (χ4n) is 4.16. The van der Waals surface area contributed by atoms with Gasteiger partial charge in [0.15, 0.2) is 0 Å². The molecule has 4 rings (SSSR count). The zero-order valence-corrected chi connectivity index (χ0v) is 15.1. The molecule has 1 aromatic heterocycles. The van der Waals surface area contributed by atoms with Gasteiger partial charge in [0.05, 0.1) is 17.4 Å². The molecule has 1 amide bonds. The third-order valence-corrected chi connectivity index (χ3v) is 5.61. The highest BCUT2D eigenvalue weighted by Crippen LogP contribution is 2.31. The van der Waals surface area contributed by atoms with Crippen LogP contribution < -0.4 is 10.2 Å². The quantitative estimate of drug-likeness (QED) is 0.870. The van der Waals surface area contributed by atoms with E-state index in [0.717, 1.165) is 42.7 Å². The molecule has 2 N–H and O–H groups in total. The Balaban J connectivity index is 1.61. The van der Waals surface area contributed by atoms with E-state index in [0.29, 0.717) is 18.4 Å². The van der Waals surface area contributed by atoms with Crippen molar-refractivity contribution in [2.75, 3.05) is 18.0 Å². The lowest BCUT2D eigenvalue weighted by Crippen LogP contribution is -2.55. The van der Waals surface area contributed by atoms with Gasteiger partial charge < -0.3 is 15.3 Å². The van der Waals surface area contributed by atoms with Gasteiger partial charge in [0.25, 0.3) is 5.91 Å². The Hall–Kier alpha value is -2.89. The molecule has 140 valence electrons. The van der Waals surface area contributed by atoms with E-state index in [-0.39, 0.29) is 5.91 Å². The summed E-state index contributed by atoms with van der Waals surface area (Å²) in [6.07, 6.45) is 7.26. The topological polar surface area (TPSA) is 82.5 Å². The molecule has 27 heavy (non-hydrogen) atoms. The molecular formula is C21H23N3O3. The normalized spacial score (nSPS) is 18.0. The van der Waals surface area contributed by atoms with Crippen LogP contribution in [0.5, 0.6) is 0 Å².